The third kappa shape index (κ3) is 2.79. The summed E-state index contributed by atoms with van der Waals surface area (Å²) in [5.41, 5.74) is 0. The maximum absolute atomic E-state index is 11.2. The molecule has 0 aliphatic carbocycles. The van der Waals surface area contributed by atoms with Gasteiger partial charge in [-0.15, -0.1) is 0 Å². The van der Waals surface area contributed by atoms with Crippen LogP contribution in [0.3, 0.4) is 0 Å². The monoisotopic (exact) mass is 172 g/mol. The van der Waals surface area contributed by atoms with E-state index in [1.165, 1.54) is 0 Å². The first-order valence-electron chi connectivity index (χ1n) is 4.44. The molecule has 3 N–H and O–H groups in total. The number of carbonyl (C=O) groups is 1. The van der Waals surface area contributed by atoms with Crippen molar-refractivity contribution < 1.29 is 9.90 Å². The summed E-state index contributed by atoms with van der Waals surface area (Å²) in [4.78, 5) is 11.2. The molecule has 1 rings (SSSR count). The van der Waals surface area contributed by atoms with Gasteiger partial charge in [0.15, 0.2) is 0 Å². The molecular formula is C8H16N2O2. The third-order valence-electron chi connectivity index (χ3n) is 2.04. The van der Waals surface area contributed by atoms with Gasteiger partial charge in [0.25, 0.3) is 0 Å². The smallest absolute Gasteiger partial charge is 0.225 e. The second-order valence-electron chi connectivity index (χ2n) is 3.08. The zero-order chi connectivity index (χ0) is 8.81. The molecular weight excluding hydrogens is 156 g/mol. The van der Waals surface area contributed by atoms with Gasteiger partial charge in [0.1, 0.15) is 0 Å². The summed E-state index contributed by atoms with van der Waals surface area (Å²) in [7, 11) is 0. The summed E-state index contributed by atoms with van der Waals surface area (Å²) in [6, 6.07) is 0. The van der Waals surface area contributed by atoms with Gasteiger partial charge >= 0.3 is 0 Å². The Morgan fingerprint density at radius 1 is 1.50 bits per heavy atom. The topological polar surface area (TPSA) is 61.4 Å². The lowest BCUT2D eigenvalue weighted by molar-refractivity contribution is -0.126. The van der Waals surface area contributed by atoms with Crippen LogP contribution < -0.4 is 10.6 Å². The van der Waals surface area contributed by atoms with Gasteiger partial charge in [0.05, 0.1) is 5.92 Å². The fourth-order valence-corrected chi connectivity index (χ4v) is 1.07. The Bertz CT molecular complexity index is 146. The maximum atomic E-state index is 11.2. The Balaban J connectivity index is 1.94. The fraction of sp³-hybridized carbons (Fsp3) is 0.875. The molecule has 1 aliphatic heterocycles. The van der Waals surface area contributed by atoms with Crippen LogP contribution in [0.15, 0.2) is 0 Å². The molecule has 0 radical (unpaired) electrons. The van der Waals surface area contributed by atoms with Crippen LogP contribution in [0.1, 0.15) is 12.8 Å². The van der Waals surface area contributed by atoms with Gasteiger partial charge in [0.2, 0.25) is 5.91 Å². The van der Waals surface area contributed by atoms with Crippen molar-refractivity contribution in [3.63, 3.8) is 0 Å². The average Bonchev–Trinajstić information content (AvgIpc) is 1.95. The minimum Gasteiger partial charge on any atom is -0.396 e. The first-order valence-corrected chi connectivity index (χ1v) is 4.44. The lowest BCUT2D eigenvalue weighted by Crippen LogP contribution is -2.50. The Kier molecular flexibility index (Phi) is 4.04. The van der Waals surface area contributed by atoms with E-state index in [0.29, 0.717) is 6.54 Å². The van der Waals surface area contributed by atoms with E-state index in [2.05, 4.69) is 10.6 Å². The Labute approximate surface area is 72.3 Å². The van der Waals surface area contributed by atoms with Crippen LogP contribution in [0, 0.1) is 5.92 Å². The number of aliphatic hydroxyl groups excluding tert-OH is 1. The van der Waals surface area contributed by atoms with Crippen molar-refractivity contribution in [2.75, 3.05) is 26.2 Å². The Morgan fingerprint density at radius 2 is 2.25 bits per heavy atom. The summed E-state index contributed by atoms with van der Waals surface area (Å²) >= 11 is 0. The van der Waals surface area contributed by atoms with E-state index >= 15 is 0 Å². The van der Waals surface area contributed by atoms with Gasteiger partial charge in [-0.3, -0.25) is 4.79 Å². The Hall–Kier alpha value is -0.610. The van der Waals surface area contributed by atoms with Gasteiger partial charge in [-0.1, -0.05) is 0 Å². The van der Waals surface area contributed by atoms with E-state index < -0.39 is 0 Å². The molecule has 70 valence electrons. The molecule has 0 saturated carbocycles. The highest BCUT2D eigenvalue weighted by Crippen LogP contribution is 2.01. The van der Waals surface area contributed by atoms with E-state index in [1.54, 1.807) is 0 Å². The molecule has 1 heterocycles. The first kappa shape index (κ1) is 9.48. The number of hydrogen-bond donors (Lipinski definition) is 3. The highest BCUT2D eigenvalue weighted by atomic mass is 16.2. The molecule has 0 bridgehead atoms. The lowest BCUT2D eigenvalue weighted by Gasteiger charge is -2.25. The standard InChI is InChI=1S/C8H16N2O2/c11-4-2-1-3-10-8(12)7-5-9-6-7/h7,9,11H,1-6H2,(H,10,12). The van der Waals surface area contributed by atoms with Crippen molar-refractivity contribution in [2.24, 2.45) is 5.92 Å². The van der Waals surface area contributed by atoms with E-state index in [-0.39, 0.29) is 18.4 Å². The number of amides is 1. The molecule has 0 spiro atoms. The van der Waals surface area contributed by atoms with Crippen LogP contribution in [-0.2, 0) is 4.79 Å². The van der Waals surface area contributed by atoms with Crippen LogP contribution in [0.25, 0.3) is 0 Å². The average molecular weight is 172 g/mol. The highest BCUT2D eigenvalue weighted by molar-refractivity contribution is 5.79. The second kappa shape index (κ2) is 5.11. The van der Waals surface area contributed by atoms with Crippen molar-refractivity contribution in [3.05, 3.63) is 0 Å². The SMILES string of the molecule is O=C(NCCCCO)C1CNC1. The molecule has 1 amide bonds. The molecule has 0 aromatic heterocycles. The summed E-state index contributed by atoms with van der Waals surface area (Å²) in [6.45, 7) is 2.52. The van der Waals surface area contributed by atoms with Crippen molar-refractivity contribution in [1.29, 1.82) is 0 Å². The molecule has 4 nitrogen and oxygen atoms in total. The van der Waals surface area contributed by atoms with Gasteiger partial charge < -0.3 is 15.7 Å². The van der Waals surface area contributed by atoms with Crippen LogP contribution in [-0.4, -0.2) is 37.3 Å². The van der Waals surface area contributed by atoms with E-state index in [9.17, 15) is 4.79 Å². The van der Waals surface area contributed by atoms with Crippen molar-refractivity contribution in [3.8, 4) is 0 Å². The van der Waals surface area contributed by atoms with Crippen molar-refractivity contribution >= 4 is 5.91 Å². The molecule has 1 saturated heterocycles. The van der Waals surface area contributed by atoms with Gasteiger partial charge in [-0.05, 0) is 12.8 Å². The minimum absolute atomic E-state index is 0.145. The van der Waals surface area contributed by atoms with E-state index in [1.807, 2.05) is 0 Å². The molecule has 4 heteroatoms. The predicted molar refractivity (Wildman–Crippen MR) is 45.7 cm³/mol. The summed E-state index contributed by atoms with van der Waals surface area (Å²) < 4.78 is 0. The summed E-state index contributed by atoms with van der Waals surface area (Å²) in [6.07, 6.45) is 1.63. The van der Waals surface area contributed by atoms with Crippen LogP contribution >= 0.6 is 0 Å². The molecule has 1 aliphatic rings. The predicted octanol–water partition coefficient (Wildman–Crippen LogP) is -0.905. The number of carbonyl (C=O) groups excluding carboxylic acids is 1. The minimum atomic E-state index is 0.145. The summed E-state index contributed by atoms with van der Waals surface area (Å²) in [5, 5.41) is 14.3. The van der Waals surface area contributed by atoms with Crippen LogP contribution in [0.4, 0.5) is 0 Å². The van der Waals surface area contributed by atoms with Gasteiger partial charge in [-0.2, -0.15) is 0 Å². The molecule has 12 heavy (non-hydrogen) atoms. The normalized spacial score (nSPS) is 17.1. The number of hydrogen-bond acceptors (Lipinski definition) is 3. The Morgan fingerprint density at radius 3 is 2.75 bits per heavy atom. The van der Waals surface area contributed by atoms with Crippen molar-refractivity contribution in [2.45, 2.75) is 12.8 Å². The first-order chi connectivity index (χ1) is 5.84. The molecule has 0 atom stereocenters. The molecule has 0 aromatic carbocycles. The van der Waals surface area contributed by atoms with Gasteiger partial charge in [-0.25, -0.2) is 0 Å². The van der Waals surface area contributed by atoms with Crippen LogP contribution in [0.5, 0.6) is 0 Å². The number of unbranched alkanes of at least 4 members (excludes halogenated alkanes) is 1. The fourth-order valence-electron chi connectivity index (χ4n) is 1.07. The zero-order valence-electron chi connectivity index (χ0n) is 7.18. The summed E-state index contributed by atoms with van der Waals surface area (Å²) in [5.74, 6) is 0.325. The van der Waals surface area contributed by atoms with Crippen LogP contribution in [0.2, 0.25) is 0 Å². The lowest BCUT2D eigenvalue weighted by atomic mass is 10.0. The quantitative estimate of drug-likeness (QED) is 0.471. The third-order valence-corrected chi connectivity index (χ3v) is 2.04. The highest BCUT2D eigenvalue weighted by Gasteiger charge is 2.23. The second-order valence-corrected chi connectivity index (χ2v) is 3.08. The number of nitrogens with one attached hydrogen (secondary N) is 2. The zero-order valence-corrected chi connectivity index (χ0v) is 7.18. The van der Waals surface area contributed by atoms with Gasteiger partial charge in [0, 0.05) is 26.2 Å². The largest absolute Gasteiger partial charge is 0.396 e. The van der Waals surface area contributed by atoms with E-state index in [0.717, 1.165) is 25.9 Å². The van der Waals surface area contributed by atoms with E-state index in [4.69, 9.17) is 5.11 Å². The molecule has 0 unspecified atom stereocenters. The maximum Gasteiger partial charge on any atom is 0.225 e. The molecule has 1 fully saturated rings. The molecule has 0 aromatic rings. The van der Waals surface area contributed by atoms with Crippen molar-refractivity contribution in [1.82, 2.24) is 10.6 Å². The number of rotatable bonds is 5. The number of aliphatic hydroxyl groups is 1.